The molecular formula is C31H29NO6. The Bertz CT molecular complexity index is 1440. The maximum atomic E-state index is 14.2. The Labute approximate surface area is 221 Å². The van der Waals surface area contributed by atoms with Crippen molar-refractivity contribution >= 4 is 23.8 Å². The van der Waals surface area contributed by atoms with Crippen LogP contribution in [0, 0.1) is 0 Å². The van der Waals surface area contributed by atoms with Crippen LogP contribution in [0.2, 0.25) is 0 Å². The number of carbonyl (C=O) groups excluding carboxylic acids is 4. The molecule has 0 N–H and O–H groups in total. The summed E-state index contributed by atoms with van der Waals surface area (Å²) in [6.07, 6.45) is -0.202. The fraction of sp³-hybridized carbons (Fsp3) is 0.290. The molecule has 2 aliphatic rings. The van der Waals surface area contributed by atoms with Crippen LogP contribution in [0.3, 0.4) is 0 Å². The van der Waals surface area contributed by atoms with Crippen LogP contribution < -0.4 is 0 Å². The number of likely N-dealkylation sites (tertiary alicyclic amines) is 1. The van der Waals surface area contributed by atoms with E-state index < -0.39 is 35.4 Å². The average Bonchev–Trinajstić information content (AvgIpc) is 3.46. The van der Waals surface area contributed by atoms with Crippen molar-refractivity contribution in [3.05, 3.63) is 94.5 Å². The number of benzene rings is 3. The summed E-state index contributed by atoms with van der Waals surface area (Å²) in [7, 11) is 0. The Morgan fingerprint density at radius 2 is 1.63 bits per heavy atom. The molecule has 5 rings (SSSR count). The molecular weight excluding hydrogens is 482 g/mol. The third kappa shape index (κ3) is 4.84. The number of hydrogen-bond acceptors (Lipinski definition) is 6. The van der Waals surface area contributed by atoms with E-state index in [9.17, 15) is 19.2 Å². The number of hydrogen-bond donors (Lipinski definition) is 0. The van der Waals surface area contributed by atoms with Crippen molar-refractivity contribution in [1.29, 1.82) is 0 Å². The van der Waals surface area contributed by atoms with Gasteiger partial charge in [-0.15, -0.1) is 0 Å². The lowest BCUT2D eigenvalue weighted by molar-refractivity contribution is -0.127. The molecule has 194 valence electrons. The molecule has 2 amide bonds. The molecule has 0 spiro atoms. The highest BCUT2D eigenvalue weighted by Crippen LogP contribution is 2.41. The summed E-state index contributed by atoms with van der Waals surface area (Å²) in [5.74, 6) is -1.57. The predicted molar refractivity (Wildman–Crippen MR) is 141 cm³/mol. The molecule has 1 aliphatic carbocycles. The lowest BCUT2D eigenvalue weighted by atomic mass is 9.89. The first-order valence-electron chi connectivity index (χ1n) is 12.7. The van der Waals surface area contributed by atoms with Gasteiger partial charge < -0.3 is 9.47 Å². The van der Waals surface area contributed by atoms with Crippen LogP contribution in [-0.4, -0.2) is 40.3 Å². The Kier molecular flexibility index (Phi) is 6.61. The monoisotopic (exact) mass is 511 g/mol. The molecule has 1 heterocycles. The van der Waals surface area contributed by atoms with Crippen LogP contribution in [-0.2, 0) is 27.3 Å². The van der Waals surface area contributed by atoms with Crippen LogP contribution in [0.4, 0.5) is 4.79 Å². The van der Waals surface area contributed by atoms with Crippen molar-refractivity contribution in [3.8, 4) is 11.1 Å². The molecule has 38 heavy (non-hydrogen) atoms. The number of carbonyl (C=O) groups is 4. The Morgan fingerprint density at radius 1 is 0.921 bits per heavy atom. The first kappa shape index (κ1) is 25.4. The van der Waals surface area contributed by atoms with Crippen LogP contribution in [0.25, 0.3) is 11.1 Å². The van der Waals surface area contributed by atoms with Gasteiger partial charge in [-0.1, -0.05) is 60.7 Å². The predicted octanol–water partition coefficient (Wildman–Crippen LogP) is 5.72. The van der Waals surface area contributed by atoms with Crippen molar-refractivity contribution in [2.24, 2.45) is 0 Å². The van der Waals surface area contributed by atoms with E-state index in [1.165, 1.54) is 0 Å². The second-order valence-corrected chi connectivity index (χ2v) is 10.6. The molecule has 3 aromatic carbocycles. The van der Waals surface area contributed by atoms with Crippen molar-refractivity contribution in [1.82, 2.24) is 4.90 Å². The normalized spacial score (nSPS) is 16.1. The van der Waals surface area contributed by atoms with Gasteiger partial charge in [-0.25, -0.2) is 14.5 Å². The molecule has 3 aromatic rings. The van der Waals surface area contributed by atoms with Gasteiger partial charge in [-0.3, -0.25) is 9.59 Å². The maximum absolute atomic E-state index is 14.2. The van der Waals surface area contributed by atoms with E-state index >= 15 is 0 Å². The van der Waals surface area contributed by atoms with Gasteiger partial charge in [0.05, 0.1) is 5.56 Å². The molecule has 1 atom stereocenters. The zero-order chi connectivity index (χ0) is 27.0. The van der Waals surface area contributed by atoms with Gasteiger partial charge in [0.15, 0.2) is 5.78 Å². The van der Waals surface area contributed by atoms with Gasteiger partial charge in [0.1, 0.15) is 18.2 Å². The van der Waals surface area contributed by atoms with Crippen molar-refractivity contribution in [3.63, 3.8) is 0 Å². The first-order valence-corrected chi connectivity index (χ1v) is 12.7. The summed E-state index contributed by atoms with van der Waals surface area (Å²) < 4.78 is 11.0. The van der Waals surface area contributed by atoms with Crippen LogP contribution in [0.5, 0.6) is 0 Å². The number of ether oxygens (including phenoxy) is 2. The van der Waals surface area contributed by atoms with E-state index in [1.54, 1.807) is 26.8 Å². The largest absolute Gasteiger partial charge is 0.457 e. The summed E-state index contributed by atoms with van der Waals surface area (Å²) in [6.45, 7) is 5.15. The van der Waals surface area contributed by atoms with E-state index in [2.05, 4.69) is 0 Å². The van der Waals surface area contributed by atoms with Crippen molar-refractivity contribution in [2.45, 2.75) is 58.3 Å². The van der Waals surface area contributed by atoms with Gasteiger partial charge >= 0.3 is 12.1 Å². The first-order chi connectivity index (χ1) is 18.1. The van der Waals surface area contributed by atoms with E-state index in [0.29, 0.717) is 12.0 Å². The molecule has 1 fully saturated rings. The van der Waals surface area contributed by atoms with Gasteiger partial charge in [-0.2, -0.15) is 0 Å². The minimum absolute atomic E-state index is 0.0404. The molecule has 0 unspecified atom stereocenters. The molecule has 0 aromatic heterocycles. The summed E-state index contributed by atoms with van der Waals surface area (Å²) in [6, 6.07) is 19.5. The Hall–Kier alpha value is -4.26. The zero-order valence-corrected chi connectivity index (χ0v) is 21.7. The SMILES string of the molecule is CC(C)(C)OC(=O)N1C(=O)CC[C@H]1C(=O)c1c(C(=O)OCc2ccccc2)ccc2c1Cc1ccccc1-2. The summed E-state index contributed by atoms with van der Waals surface area (Å²) in [5, 5.41) is 0. The highest BCUT2D eigenvalue weighted by molar-refractivity contribution is 6.14. The number of nitrogens with zero attached hydrogens (tertiary/aromatic N) is 1. The topological polar surface area (TPSA) is 90.0 Å². The average molecular weight is 512 g/mol. The zero-order valence-electron chi connectivity index (χ0n) is 21.7. The van der Waals surface area contributed by atoms with E-state index in [1.807, 2.05) is 60.7 Å². The number of imide groups is 1. The van der Waals surface area contributed by atoms with E-state index in [4.69, 9.17) is 9.47 Å². The molecule has 0 saturated carbocycles. The second kappa shape index (κ2) is 9.89. The third-order valence-corrected chi connectivity index (χ3v) is 6.77. The second-order valence-electron chi connectivity index (χ2n) is 10.6. The Balaban J connectivity index is 1.54. The number of rotatable bonds is 5. The van der Waals surface area contributed by atoms with Gasteiger partial charge in [0.25, 0.3) is 0 Å². The van der Waals surface area contributed by atoms with Gasteiger partial charge in [0, 0.05) is 12.0 Å². The maximum Gasteiger partial charge on any atom is 0.417 e. The third-order valence-electron chi connectivity index (χ3n) is 6.77. The highest BCUT2D eigenvalue weighted by atomic mass is 16.6. The number of fused-ring (bicyclic) bond motifs is 3. The fourth-order valence-electron chi connectivity index (χ4n) is 5.10. The van der Waals surface area contributed by atoms with E-state index in [-0.39, 0.29) is 30.6 Å². The number of ketones is 1. The fourth-order valence-corrected chi connectivity index (χ4v) is 5.10. The van der Waals surface area contributed by atoms with Gasteiger partial charge in [-0.05, 0) is 67.5 Å². The highest BCUT2D eigenvalue weighted by Gasteiger charge is 2.44. The summed E-state index contributed by atoms with van der Waals surface area (Å²) in [4.78, 5) is 54.1. The van der Waals surface area contributed by atoms with Crippen LogP contribution in [0.15, 0.2) is 66.7 Å². The quantitative estimate of drug-likeness (QED) is 0.251. The lowest BCUT2D eigenvalue weighted by Crippen LogP contribution is -2.46. The van der Waals surface area contributed by atoms with Crippen LogP contribution >= 0.6 is 0 Å². The minimum atomic E-state index is -1.06. The smallest absolute Gasteiger partial charge is 0.417 e. The summed E-state index contributed by atoms with van der Waals surface area (Å²) in [5.41, 5.74) is 3.90. The van der Waals surface area contributed by atoms with Crippen molar-refractivity contribution < 1.29 is 28.7 Å². The van der Waals surface area contributed by atoms with Gasteiger partial charge in [0.2, 0.25) is 5.91 Å². The summed E-state index contributed by atoms with van der Waals surface area (Å²) >= 11 is 0. The Morgan fingerprint density at radius 3 is 2.37 bits per heavy atom. The molecule has 7 nitrogen and oxygen atoms in total. The standard InChI is InChI=1S/C31H29NO6/c1-31(2,3)38-30(36)32-25(15-16-26(32)33)28(34)27-23(29(35)37-18-19-9-5-4-6-10-19)14-13-22-21-12-8-7-11-20(21)17-24(22)27/h4-14,25H,15-18H2,1-3H3/t25-/m0/s1. The van der Waals surface area contributed by atoms with E-state index in [0.717, 1.165) is 27.2 Å². The number of amides is 2. The van der Waals surface area contributed by atoms with Crippen LogP contribution in [0.1, 0.15) is 71.0 Å². The molecule has 0 radical (unpaired) electrons. The number of esters is 1. The molecule has 1 saturated heterocycles. The lowest BCUT2D eigenvalue weighted by Gasteiger charge is -2.27. The molecule has 1 aliphatic heterocycles. The minimum Gasteiger partial charge on any atom is -0.457 e. The number of Topliss-reactive ketones (excluding diaryl/α,β-unsaturated/α-hetero) is 1. The molecule has 0 bridgehead atoms. The molecule has 7 heteroatoms. The van der Waals surface area contributed by atoms with Crippen molar-refractivity contribution in [2.75, 3.05) is 0 Å².